The number of Topliss-reactive ketones (excluding diaryl/α,β-unsaturated/α-hetero) is 1. The summed E-state index contributed by atoms with van der Waals surface area (Å²) >= 11 is 0. The molecule has 0 aromatic rings. The van der Waals surface area contributed by atoms with E-state index in [2.05, 4.69) is 22.9 Å². The summed E-state index contributed by atoms with van der Waals surface area (Å²) in [6.07, 6.45) is 0.471. The van der Waals surface area contributed by atoms with Crippen LogP contribution in [0.25, 0.3) is 0 Å². The topological polar surface area (TPSA) is 92.4 Å². The molecule has 0 saturated heterocycles. The molecule has 0 fully saturated rings. The van der Waals surface area contributed by atoms with Gasteiger partial charge in [0, 0.05) is 13.9 Å². The molecule has 0 spiro atoms. The third kappa shape index (κ3) is 6.75. The Morgan fingerprint density at radius 3 is 2.50 bits per heavy atom. The first-order valence-corrected chi connectivity index (χ1v) is 8.53. The molecular formula is C6H15N2O3P3. The van der Waals surface area contributed by atoms with Crippen molar-refractivity contribution < 1.29 is 14.7 Å². The molecule has 4 N–H and O–H groups in total. The fraction of sp³-hybridized carbons (Fsp3) is 0.667. The van der Waals surface area contributed by atoms with Crippen LogP contribution in [0.2, 0.25) is 0 Å². The minimum absolute atomic E-state index is 0.137. The molecule has 0 saturated carbocycles. The van der Waals surface area contributed by atoms with Crippen LogP contribution in [0.1, 0.15) is 12.8 Å². The van der Waals surface area contributed by atoms with Crippen LogP contribution in [0.4, 0.5) is 0 Å². The molecule has 0 aliphatic carbocycles. The van der Waals surface area contributed by atoms with Gasteiger partial charge in [-0.25, -0.2) is 0 Å². The molecule has 0 bridgehead atoms. The molecule has 0 heterocycles. The monoisotopic (exact) mass is 256 g/mol. The summed E-state index contributed by atoms with van der Waals surface area (Å²) in [6, 6.07) is -0.744. The van der Waals surface area contributed by atoms with Crippen molar-refractivity contribution in [3.8, 4) is 0 Å². The molecule has 82 valence electrons. The van der Waals surface area contributed by atoms with E-state index in [1.165, 1.54) is 0 Å². The maximum absolute atomic E-state index is 11.1. The third-order valence-electron chi connectivity index (χ3n) is 1.51. The molecule has 0 rings (SSSR count). The van der Waals surface area contributed by atoms with E-state index >= 15 is 0 Å². The Morgan fingerprint density at radius 2 is 2.07 bits per heavy atom. The molecule has 3 atom stereocenters. The molecule has 3 unspecified atom stereocenters. The van der Waals surface area contributed by atoms with Crippen LogP contribution in [0.5, 0.6) is 0 Å². The third-order valence-corrected chi connectivity index (χ3v) is 2.79. The van der Waals surface area contributed by atoms with Gasteiger partial charge in [0.25, 0.3) is 0 Å². The van der Waals surface area contributed by atoms with Crippen molar-refractivity contribution in [2.45, 2.75) is 18.9 Å². The Balaban J connectivity index is 3.71. The highest BCUT2D eigenvalue weighted by Crippen LogP contribution is 2.48. The molecule has 5 nitrogen and oxygen atoms in total. The quantitative estimate of drug-likeness (QED) is 0.571. The highest BCUT2D eigenvalue weighted by Gasteiger charge is 2.14. The number of amides is 1. The Morgan fingerprint density at radius 1 is 1.50 bits per heavy atom. The zero-order valence-electron chi connectivity index (χ0n) is 7.64. The number of aliphatic hydroxyl groups excluding tert-OH is 1. The van der Waals surface area contributed by atoms with Gasteiger partial charge in [-0.15, -0.1) is 0 Å². The van der Waals surface area contributed by atoms with Gasteiger partial charge in [0.15, 0.2) is 5.78 Å². The van der Waals surface area contributed by atoms with Gasteiger partial charge in [0.2, 0.25) is 5.91 Å². The molecule has 0 aliphatic heterocycles. The standard InChI is InChI=1S/C6H15N2O3P3/c7-4(5(10)3-9)1-2-6(11)8-14(12)13/h4,9H,1-3,7,12-13H2,(H,8,11). The van der Waals surface area contributed by atoms with Crippen LogP contribution >= 0.6 is 25.3 Å². The Bertz CT molecular complexity index is 212. The van der Waals surface area contributed by atoms with Crippen molar-refractivity contribution in [1.29, 1.82) is 0 Å². The number of hydrogen-bond acceptors (Lipinski definition) is 4. The van der Waals surface area contributed by atoms with E-state index in [1.807, 2.05) is 0 Å². The van der Waals surface area contributed by atoms with Gasteiger partial charge in [0.05, 0.1) is 6.04 Å². The maximum Gasteiger partial charge on any atom is 0.223 e. The lowest BCUT2D eigenvalue weighted by molar-refractivity contribution is -0.123. The number of rotatable bonds is 6. The number of carbonyl (C=O) groups excluding carboxylic acids is 2. The zero-order chi connectivity index (χ0) is 11.1. The van der Waals surface area contributed by atoms with Gasteiger partial charge in [-0.1, -0.05) is 17.9 Å². The summed E-state index contributed by atoms with van der Waals surface area (Å²) in [5, 5.41) is 11.2. The second kappa shape index (κ2) is 7.62. The van der Waals surface area contributed by atoms with E-state index in [9.17, 15) is 9.59 Å². The van der Waals surface area contributed by atoms with Crippen molar-refractivity contribution in [3.05, 3.63) is 0 Å². The average Bonchev–Trinajstić information content (AvgIpc) is 2.11. The maximum atomic E-state index is 11.1. The highest BCUT2D eigenvalue weighted by atomic mass is 32.4. The van der Waals surface area contributed by atoms with Crippen LogP contribution in [-0.4, -0.2) is 29.4 Å². The van der Waals surface area contributed by atoms with Gasteiger partial charge in [-0.3, -0.25) is 9.59 Å². The smallest absolute Gasteiger partial charge is 0.223 e. The van der Waals surface area contributed by atoms with E-state index in [-0.39, 0.29) is 18.7 Å². The largest absolute Gasteiger partial charge is 0.389 e. The molecule has 1 amide bonds. The summed E-state index contributed by atoms with van der Waals surface area (Å²) < 4.78 is 0. The number of carbonyl (C=O) groups is 2. The Hall–Kier alpha value is 0.350. The zero-order valence-corrected chi connectivity index (χ0v) is 10.8. The summed E-state index contributed by atoms with van der Waals surface area (Å²) in [6.45, 7) is -0.567. The first kappa shape index (κ1) is 14.3. The van der Waals surface area contributed by atoms with Crippen molar-refractivity contribution in [2.75, 3.05) is 6.61 Å². The van der Waals surface area contributed by atoms with Crippen LogP contribution in [0.15, 0.2) is 0 Å². The van der Waals surface area contributed by atoms with Gasteiger partial charge >= 0.3 is 0 Å². The fourth-order valence-electron chi connectivity index (χ4n) is 0.765. The van der Waals surface area contributed by atoms with Crippen molar-refractivity contribution >= 4 is 37.0 Å². The number of nitrogens with two attached hydrogens (primary N) is 1. The molecule has 0 aliphatic rings. The van der Waals surface area contributed by atoms with E-state index in [4.69, 9.17) is 10.8 Å². The predicted molar refractivity (Wildman–Crippen MR) is 63.8 cm³/mol. The second-order valence-corrected chi connectivity index (χ2v) is 8.88. The van der Waals surface area contributed by atoms with Crippen molar-refractivity contribution in [2.24, 2.45) is 5.73 Å². The van der Waals surface area contributed by atoms with E-state index in [1.54, 1.807) is 0 Å². The second-order valence-electron chi connectivity index (χ2n) is 2.71. The van der Waals surface area contributed by atoms with Crippen LogP contribution < -0.4 is 10.8 Å². The molecule has 8 heteroatoms. The number of nitrogens with one attached hydrogen (secondary N) is 1. The summed E-state index contributed by atoms with van der Waals surface area (Å²) in [5.74, 6) is -0.570. The lowest BCUT2D eigenvalue weighted by atomic mass is 10.1. The minimum atomic E-state index is -0.744. The minimum Gasteiger partial charge on any atom is -0.389 e. The number of aliphatic hydroxyl groups is 1. The predicted octanol–water partition coefficient (Wildman–Crippen LogP) is -0.251. The Labute approximate surface area is 88.6 Å². The van der Waals surface area contributed by atoms with Crippen LogP contribution in [0, 0.1) is 0 Å². The average molecular weight is 256 g/mol. The number of ketones is 1. The lowest BCUT2D eigenvalue weighted by Gasteiger charge is -2.10. The Kier molecular flexibility index (Phi) is 7.81. The number of hydrogen-bond donors (Lipinski definition) is 3. The van der Waals surface area contributed by atoms with Crippen molar-refractivity contribution in [1.82, 2.24) is 5.09 Å². The fourth-order valence-corrected chi connectivity index (χ4v) is 2.03. The molecular weight excluding hydrogens is 241 g/mol. The van der Waals surface area contributed by atoms with Gasteiger partial charge < -0.3 is 15.9 Å². The first-order chi connectivity index (χ1) is 6.47. The summed E-state index contributed by atoms with van der Waals surface area (Å²) in [7, 11) is 4.29. The van der Waals surface area contributed by atoms with E-state index < -0.39 is 25.9 Å². The SMILES string of the molecule is NC(CCC(=O)NP(P)P)C(=O)CO. The molecule has 0 radical (unpaired) electrons. The summed E-state index contributed by atoms with van der Waals surface area (Å²) in [4.78, 5) is 22.0. The summed E-state index contributed by atoms with van der Waals surface area (Å²) in [5.41, 5.74) is 5.41. The first-order valence-electron chi connectivity index (χ1n) is 3.95. The van der Waals surface area contributed by atoms with Crippen LogP contribution in [0.3, 0.4) is 0 Å². The van der Waals surface area contributed by atoms with E-state index in [0.29, 0.717) is 0 Å². The van der Waals surface area contributed by atoms with Gasteiger partial charge in [-0.05, 0) is 6.42 Å². The molecule has 0 aromatic heterocycles. The highest BCUT2D eigenvalue weighted by molar-refractivity contribution is 8.42. The molecule has 14 heavy (non-hydrogen) atoms. The van der Waals surface area contributed by atoms with E-state index in [0.717, 1.165) is 0 Å². The lowest BCUT2D eigenvalue weighted by Crippen LogP contribution is -2.33. The van der Waals surface area contributed by atoms with Gasteiger partial charge in [0.1, 0.15) is 6.61 Å². The normalized spacial score (nSPS) is 12.6. The van der Waals surface area contributed by atoms with Crippen molar-refractivity contribution in [3.63, 3.8) is 0 Å². The van der Waals surface area contributed by atoms with Gasteiger partial charge in [-0.2, -0.15) is 0 Å². The molecule has 0 aromatic carbocycles. The van der Waals surface area contributed by atoms with Crippen LogP contribution in [-0.2, 0) is 9.59 Å².